The molecule has 1 atom stereocenters. The summed E-state index contributed by atoms with van der Waals surface area (Å²) in [5, 5.41) is -0.606. The average Bonchev–Trinajstić information content (AvgIpc) is 2.12. The van der Waals surface area contributed by atoms with Crippen LogP contribution in [0.25, 0.3) is 0 Å². The lowest BCUT2D eigenvalue weighted by Crippen LogP contribution is -2.39. The molecule has 0 saturated heterocycles. The van der Waals surface area contributed by atoms with Crippen LogP contribution in [0.3, 0.4) is 0 Å². The number of nitrogens with one attached hydrogen (secondary N) is 1. The van der Waals surface area contributed by atoms with Gasteiger partial charge in [-0.1, -0.05) is 6.92 Å². The molecule has 0 aliphatic rings. The van der Waals surface area contributed by atoms with Gasteiger partial charge < -0.3 is 5.73 Å². The van der Waals surface area contributed by atoms with Crippen LogP contribution in [0, 0.1) is 0 Å². The van der Waals surface area contributed by atoms with E-state index in [1.165, 1.54) is 0 Å². The molecule has 0 aliphatic carbocycles. The summed E-state index contributed by atoms with van der Waals surface area (Å²) < 4.78 is 47.1. The fraction of sp³-hybridized carbons (Fsp3) is 1.00. The van der Waals surface area contributed by atoms with E-state index in [9.17, 15) is 16.8 Å². The zero-order valence-corrected chi connectivity index (χ0v) is 11.3. The first-order chi connectivity index (χ1) is 7.23. The van der Waals surface area contributed by atoms with E-state index < -0.39 is 25.1 Å². The van der Waals surface area contributed by atoms with Gasteiger partial charge in [-0.2, -0.15) is 0 Å². The van der Waals surface area contributed by atoms with Gasteiger partial charge in [0.25, 0.3) is 0 Å². The second-order valence-corrected chi connectivity index (χ2v) is 7.99. The first-order valence-electron chi connectivity index (χ1n) is 5.09. The van der Waals surface area contributed by atoms with E-state index in [0.717, 1.165) is 6.26 Å². The van der Waals surface area contributed by atoms with E-state index in [-0.39, 0.29) is 25.3 Å². The van der Waals surface area contributed by atoms with E-state index in [4.69, 9.17) is 5.73 Å². The zero-order valence-electron chi connectivity index (χ0n) is 9.64. The van der Waals surface area contributed by atoms with Crippen LogP contribution in [-0.2, 0) is 19.9 Å². The third-order valence-corrected chi connectivity index (χ3v) is 5.19. The highest BCUT2D eigenvalue weighted by Crippen LogP contribution is 2.02. The van der Waals surface area contributed by atoms with Crippen LogP contribution in [0.5, 0.6) is 0 Å². The van der Waals surface area contributed by atoms with Crippen LogP contribution in [0.4, 0.5) is 0 Å². The molecule has 6 nitrogen and oxygen atoms in total. The van der Waals surface area contributed by atoms with Gasteiger partial charge in [0.2, 0.25) is 10.0 Å². The van der Waals surface area contributed by atoms with Crippen molar-refractivity contribution in [3.05, 3.63) is 0 Å². The van der Waals surface area contributed by atoms with Crippen molar-refractivity contribution in [2.24, 2.45) is 5.73 Å². The molecule has 0 aromatic carbocycles. The summed E-state index contributed by atoms with van der Waals surface area (Å²) in [6.07, 6.45) is 1.84. The lowest BCUT2D eigenvalue weighted by Gasteiger charge is -2.14. The molecule has 3 N–H and O–H groups in total. The van der Waals surface area contributed by atoms with Crippen LogP contribution in [0.2, 0.25) is 0 Å². The first-order valence-corrected chi connectivity index (χ1v) is 8.70. The van der Waals surface area contributed by atoms with Crippen molar-refractivity contribution in [3.8, 4) is 0 Å². The largest absolute Gasteiger partial charge is 0.329 e. The molecule has 98 valence electrons. The summed E-state index contributed by atoms with van der Waals surface area (Å²) in [7, 11) is -6.44. The molecule has 0 radical (unpaired) electrons. The van der Waals surface area contributed by atoms with Gasteiger partial charge in [-0.25, -0.2) is 21.6 Å². The van der Waals surface area contributed by atoms with E-state index in [1.54, 1.807) is 6.92 Å². The van der Waals surface area contributed by atoms with Crippen molar-refractivity contribution in [1.82, 2.24) is 4.72 Å². The molecular formula is C8H20N2O4S2. The Morgan fingerprint density at radius 3 is 2.19 bits per heavy atom. The fourth-order valence-corrected chi connectivity index (χ4v) is 3.20. The molecule has 0 spiro atoms. The van der Waals surface area contributed by atoms with Crippen LogP contribution < -0.4 is 10.5 Å². The Morgan fingerprint density at radius 1 is 1.25 bits per heavy atom. The Morgan fingerprint density at radius 2 is 1.81 bits per heavy atom. The van der Waals surface area contributed by atoms with Crippen molar-refractivity contribution < 1.29 is 16.8 Å². The summed E-state index contributed by atoms with van der Waals surface area (Å²) in [6.45, 7) is 1.94. The summed E-state index contributed by atoms with van der Waals surface area (Å²) in [6, 6.07) is 0. The molecule has 0 aromatic rings. The van der Waals surface area contributed by atoms with Crippen LogP contribution in [-0.4, -0.2) is 47.2 Å². The predicted octanol–water partition coefficient (Wildman–Crippen LogP) is -0.922. The molecule has 0 bridgehead atoms. The van der Waals surface area contributed by atoms with Crippen LogP contribution >= 0.6 is 0 Å². The van der Waals surface area contributed by atoms with Gasteiger partial charge in [-0.05, 0) is 12.8 Å². The number of rotatable bonds is 8. The molecule has 16 heavy (non-hydrogen) atoms. The summed E-state index contributed by atoms with van der Waals surface area (Å²) >= 11 is 0. The highest BCUT2D eigenvalue weighted by molar-refractivity contribution is 7.90. The van der Waals surface area contributed by atoms with Crippen molar-refractivity contribution in [3.63, 3.8) is 0 Å². The Balaban J connectivity index is 4.11. The van der Waals surface area contributed by atoms with Crippen molar-refractivity contribution >= 4 is 19.9 Å². The Bertz CT molecular complexity index is 384. The molecular weight excluding hydrogens is 252 g/mol. The summed E-state index contributed by atoms with van der Waals surface area (Å²) in [4.78, 5) is 0. The Hall–Kier alpha value is -0.180. The topological polar surface area (TPSA) is 106 Å². The molecule has 0 heterocycles. The second kappa shape index (κ2) is 6.53. The number of sulfonamides is 1. The van der Waals surface area contributed by atoms with Gasteiger partial charge in [0.1, 0.15) is 9.84 Å². The lowest BCUT2D eigenvalue weighted by molar-refractivity contribution is 0.559. The third-order valence-electron chi connectivity index (χ3n) is 2.15. The number of nitrogens with two attached hydrogens (primary N) is 1. The highest BCUT2D eigenvalue weighted by atomic mass is 32.2. The van der Waals surface area contributed by atoms with Crippen LogP contribution in [0.15, 0.2) is 0 Å². The maximum Gasteiger partial charge on any atom is 0.215 e. The lowest BCUT2D eigenvalue weighted by atomic mass is 10.3. The van der Waals surface area contributed by atoms with Gasteiger partial charge in [0.15, 0.2) is 0 Å². The first kappa shape index (κ1) is 15.8. The van der Waals surface area contributed by atoms with Gasteiger partial charge in [-0.3, -0.25) is 0 Å². The third kappa shape index (κ3) is 6.41. The van der Waals surface area contributed by atoms with Gasteiger partial charge >= 0.3 is 0 Å². The quantitative estimate of drug-likeness (QED) is 0.556. The molecule has 1 unspecified atom stereocenters. The molecule has 0 aliphatic heterocycles. The Labute approximate surface area is 97.6 Å². The van der Waals surface area contributed by atoms with Crippen molar-refractivity contribution in [1.29, 1.82) is 0 Å². The van der Waals surface area contributed by atoms with E-state index >= 15 is 0 Å². The normalized spacial score (nSPS) is 14.9. The zero-order chi connectivity index (χ0) is 12.8. The SMILES string of the molecule is CCC(CN)S(=O)(=O)NCCCS(C)(=O)=O. The van der Waals surface area contributed by atoms with E-state index in [1.807, 2.05) is 0 Å². The standard InChI is InChI=1S/C8H20N2O4S2/c1-3-8(7-9)16(13,14)10-5-4-6-15(2,11)12/h8,10H,3-7,9H2,1-2H3. The average molecular weight is 272 g/mol. The molecule has 0 rings (SSSR count). The molecule has 0 aromatic heterocycles. The van der Waals surface area contributed by atoms with Crippen LogP contribution in [0.1, 0.15) is 19.8 Å². The monoisotopic (exact) mass is 272 g/mol. The number of hydrogen-bond acceptors (Lipinski definition) is 5. The van der Waals surface area contributed by atoms with E-state index in [2.05, 4.69) is 4.72 Å². The second-order valence-electron chi connectivity index (χ2n) is 3.69. The fourth-order valence-electron chi connectivity index (χ4n) is 1.18. The van der Waals surface area contributed by atoms with Gasteiger partial charge in [0, 0.05) is 19.3 Å². The molecule has 0 saturated carbocycles. The Kier molecular flexibility index (Phi) is 6.46. The maximum absolute atomic E-state index is 11.6. The highest BCUT2D eigenvalue weighted by Gasteiger charge is 2.21. The molecule has 0 fully saturated rings. The minimum Gasteiger partial charge on any atom is -0.329 e. The minimum atomic E-state index is -3.41. The van der Waals surface area contributed by atoms with E-state index in [0.29, 0.717) is 6.42 Å². The smallest absolute Gasteiger partial charge is 0.215 e. The number of sulfone groups is 1. The summed E-state index contributed by atoms with van der Waals surface area (Å²) in [5.74, 6) is -0.0189. The minimum absolute atomic E-state index is 0.0189. The summed E-state index contributed by atoms with van der Waals surface area (Å²) in [5.41, 5.74) is 5.33. The number of hydrogen-bond donors (Lipinski definition) is 2. The molecule has 8 heteroatoms. The van der Waals surface area contributed by atoms with Crippen molar-refractivity contribution in [2.75, 3.05) is 25.1 Å². The predicted molar refractivity (Wildman–Crippen MR) is 64.4 cm³/mol. The van der Waals surface area contributed by atoms with Crippen molar-refractivity contribution in [2.45, 2.75) is 25.0 Å². The van der Waals surface area contributed by atoms with Gasteiger partial charge in [0.05, 0.1) is 11.0 Å². The maximum atomic E-state index is 11.6. The van der Waals surface area contributed by atoms with Gasteiger partial charge in [-0.15, -0.1) is 0 Å². The molecule has 0 amide bonds.